The first-order valence-corrected chi connectivity index (χ1v) is 7.81. The molecule has 2 aliphatic rings. The molecule has 0 unspecified atom stereocenters. The fourth-order valence-electron chi connectivity index (χ4n) is 3.08. The number of nitrogens with two attached hydrogens (primary N) is 1. The normalized spacial score (nSPS) is 10.9. The summed E-state index contributed by atoms with van der Waals surface area (Å²) < 4.78 is 5.84. The molecule has 0 atom stereocenters. The number of carbonyl (C=O) groups is 1. The van der Waals surface area contributed by atoms with Crippen LogP contribution in [-0.2, 0) is 0 Å². The lowest BCUT2D eigenvalue weighted by Gasteiger charge is -2.15. The van der Waals surface area contributed by atoms with Gasteiger partial charge in [-0.1, -0.05) is 24.3 Å². The zero-order valence-corrected chi connectivity index (χ0v) is 13.4. The molecule has 4 rings (SSSR count). The molecule has 1 aliphatic carbocycles. The molecule has 1 aliphatic heterocycles. The minimum Gasteiger partial charge on any atom is -0.456 e. The molecule has 2 aromatic carbocycles. The summed E-state index contributed by atoms with van der Waals surface area (Å²) in [6, 6.07) is 16.3. The lowest BCUT2D eigenvalue weighted by molar-refractivity contribution is 0.100. The second kappa shape index (κ2) is 5.93. The van der Waals surface area contributed by atoms with Crippen molar-refractivity contribution in [2.75, 3.05) is 0 Å². The van der Waals surface area contributed by atoms with Gasteiger partial charge < -0.3 is 10.2 Å². The first-order chi connectivity index (χ1) is 12.6. The number of fused-ring (bicyclic) bond motifs is 2. The molecule has 0 fully saturated rings. The van der Waals surface area contributed by atoms with Crippen LogP contribution in [0.4, 0.5) is 5.69 Å². The summed E-state index contributed by atoms with van der Waals surface area (Å²) in [6.45, 7) is 0. The number of primary amides is 1. The molecule has 0 saturated heterocycles. The highest BCUT2D eigenvalue weighted by atomic mass is 16.3. The Hall–Kier alpha value is -3.80. The zero-order valence-electron chi connectivity index (χ0n) is 13.4. The standard InChI is InChI=1S/C20H12N2O4/c21-20(24)11-5-7-13(16(9-11)22-25)19-14-3-1-2-4-17(14)26-18-10-12(23)6-8-15(18)19/h1-10H,(H2,21,24). The Morgan fingerprint density at radius 2 is 1.73 bits per heavy atom. The maximum absolute atomic E-state index is 11.7. The molecule has 0 radical (unpaired) electrons. The van der Waals surface area contributed by atoms with E-state index in [4.69, 9.17) is 10.2 Å². The van der Waals surface area contributed by atoms with Crippen LogP contribution in [0.2, 0.25) is 0 Å². The highest BCUT2D eigenvalue weighted by molar-refractivity contribution is 6.05. The van der Waals surface area contributed by atoms with Crippen LogP contribution in [0.3, 0.4) is 0 Å². The van der Waals surface area contributed by atoms with Crippen LogP contribution in [0, 0.1) is 4.91 Å². The number of nitrogens with zero attached hydrogens (tertiary/aromatic N) is 1. The molecular weight excluding hydrogens is 332 g/mol. The minimum atomic E-state index is -0.643. The largest absolute Gasteiger partial charge is 0.456 e. The Kier molecular flexibility index (Phi) is 3.58. The molecule has 6 heteroatoms. The summed E-state index contributed by atoms with van der Waals surface area (Å²) in [6.07, 6.45) is 0. The highest BCUT2D eigenvalue weighted by Crippen LogP contribution is 2.43. The van der Waals surface area contributed by atoms with Crippen LogP contribution < -0.4 is 11.2 Å². The molecule has 0 spiro atoms. The fourth-order valence-corrected chi connectivity index (χ4v) is 3.08. The Balaban J connectivity index is 2.15. The van der Waals surface area contributed by atoms with Gasteiger partial charge >= 0.3 is 0 Å². The smallest absolute Gasteiger partial charge is 0.248 e. The van der Waals surface area contributed by atoms with E-state index in [1.54, 1.807) is 24.3 Å². The van der Waals surface area contributed by atoms with Crippen LogP contribution >= 0.6 is 0 Å². The van der Waals surface area contributed by atoms with E-state index in [1.807, 2.05) is 18.2 Å². The third-order valence-electron chi connectivity index (χ3n) is 4.25. The molecule has 1 amide bonds. The predicted molar refractivity (Wildman–Crippen MR) is 98.5 cm³/mol. The third kappa shape index (κ3) is 2.44. The number of hydrogen-bond acceptors (Lipinski definition) is 5. The van der Waals surface area contributed by atoms with Crippen molar-refractivity contribution in [2.24, 2.45) is 10.9 Å². The monoisotopic (exact) mass is 344 g/mol. The van der Waals surface area contributed by atoms with Crippen molar-refractivity contribution in [2.45, 2.75) is 0 Å². The van der Waals surface area contributed by atoms with E-state index in [2.05, 4.69) is 5.18 Å². The molecule has 126 valence electrons. The van der Waals surface area contributed by atoms with Gasteiger partial charge in [-0.2, -0.15) is 0 Å². The van der Waals surface area contributed by atoms with Crippen molar-refractivity contribution < 1.29 is 9.21 Å². The lowest BCUT2D eigenvalue weighted by atomic mass is 9.92. The van der Waals surface area contributed by atoms with Gasteiger partial charge in [-0.25, -0.2) is 0 Å². The number of rotatable bonds is 3. The first kappa shape index (κ1) is 15.7. The van der Waals surface area contributed by atoms with Crippen LogP contribution in [-0.4, -0.2) is 5.91 Å². The van der Waals surface area contributed by atoms with Crippen LogP contribution in [0.5, 0.6) is 0 Å². The lowest BCUT2D eigenvalue weighted by Crippen LogP contribution is -2.10. The van der Waals surface area contributed by atoms with E-state index in [-0.39, 0.29) is 16.7 Å². The van der Waals surface area contributed by atoms with Gasteiger partial charge in [-0.05, 0) is 35.5 Å². The van der Waals surface area contributed by atoms with Crippen molar-refractivity contribution in [3.8, 4) is 22.5 Å². The molecule has 2 N–H and O–H groups in total. The average molecular weight is 344 g/mol. The number of hydrogen-bond donors (Lipinski definition) is 1. The quantitative estimate of drug-likeness (QED) is 0.447. The van der Waals surface area contributed by atoms with E-state index < -0.39 is 5.91 Å². The number of benzene rings is 3. The number of carbonyl (C=O) groups excluding carboxylic acids is 1. The summed E-state index contributed by atoms with van der Waals surface area (Å²) in [4.78, 5) is 34.6. The molecule has 0 saturated carbocycles. The summed E-state index contributed by atoms with van der Waals surface area (Å²) in [5.41, 5.74) is 7.86. The molecular formula is C20H12N2O4. The van der Waals surface area contributed by atoms with E-state index >= 15 is 0 Å². The van der Waals surface area contributed by atoms with Crippen molar-refractivity contribution in [3.63, 3.8) is 0 Å². The molecule has 26 heavy (non-hydrogen) atoms. The van der Waals surface area contributed by atoms with Crippen molar-refractivity contribution in [1.29, 1.82) is 0 Å². The zero-order chi connectivity index (χ0) is 18.3. The maximum atomic E-state index is 11.7. The molecule has 0 aromatic heterocycles. The first-order valence-electron chi connectivity index (χ1n) is 7.81. The Morgan fingerprint density at radius 3 is 2.50 bits per heavy atom. The maximum Gasteiger partial charge on any atom is 0.248 e. The molecule has 1 heterocycles. The van der Waals surface area contributed by atoms with Gasteiger partial charge in [0.05, 0.1) is 0 Å². The van der Waals surface area contributed by atoms with Crippen LogP contribution in [0.25, 0.3) is 33.4 Å². The summed E-state index contributed by atoms with van der Waals surface area (Å²) in [7, 11) is 0. The van der Waals surface area contributed by atoms with E-state index in [1.165, 1.54) is 18.2 Å². The number of nitroso groups, excluding NO2 is 1. The Morgan fingerprint density at radius 1 is 0.962 bits per heavy atom. The predicted octanol–water partition coefficient (Wildman–Crippen LogP) is 4.06. The molecule has 2 aromatic rings. The van der Waals surface area contributed by atoms with Gasteiger partial charge in [0.2, 0.25) is 5.91 Å². The van der Waals surface area contributed by atoms with Gasteiger partial charge in [0, 0.05) is 33.7 Å². The summed E-state index contributed by atoms with van der Waals surface area (Å²) >= 11 is 0. The van der Waals surface area contributed by atoms with Gasteiger partial charge in [0.15, 0.2) is 5.43 Å². The second-order valence-corrected chi connectivity index (χ2v) is 5.82. The van der Waals surface area contributed by atoms with Crippen LogP contribution in [0.1, 0.15) is 10.4 Å². The SMILES string of the molecule is NC(=O)c1ccc(-c2c3ccc(=O)cc-3oc3ccccc23)c(N=O)c1. The average Bonchev–Trinajstić information content (AvgIpc) is 2.65. The van der Waals surface area contributed by atoms with E-state index in [0.29, 0.717) is 28.0 Å². The van der Waals surface area contributed by atoms with Gasteiger partial charge in [-0.3, -0.25) is 9.59 Å². The molecule has 0 bridgehead atoms. The Bertz CT molecular complexity index is 1210. The van der Waals surface area contributed by atoms with Gasteiger partial charge in [0.1, 0.15) is 17.0 Å². The highest BCUT2D eigenvalue weighted by Gasteiger charge is 2.20. The van der Waals surface area contributed by atoms with Crippen molar-refractivity contribution in [1.82, 2.24) is 0 Å². The minimum absolute atomic E-state index is 0.0881. The second-order valence-electron chi connectivity index (χ2n) is 5.82. The number of para-hydroxylation sites is 1. The molecule has 6 nitrogen and oxygen atoms in total. The fraction of sp³-hybridized carbons (Fsp3) is 0. The number of amides is 1. The summed E-state index contributed by atoms with van der Waals surface area (Å²) in [5, 5.41) is 3.83. The van der Waals surface area contributed by atoms with Crippen LogP contribution in [0.15, 0.2) is 75.1 Å². The summed E-state index contributed by atoms with van der Waals surface area (Å²) in [5.74, 6) is -0.239. The van der Waals surface area contributed by atoms with E-state index in [9.17, 15) is 14.5 Å². The topological polar surface area (TPSA) is 103 Å². The van der Waals surface area contributed by atoms with Gasteiger partial charge in [-0.15, -0.1) is 4.91 Å². The third-order valence-corrected chi connectivity index (χ3v) is 4.25. The van der Waals surface area contributed by atoms with Gasteiger partial charge in [0.25, 0.3) is 0 Å². The van der Waals surface area contributed by atoms with E-state index in [0.717, 1.165) is 5.39 Å². The van der Waals surface area contributed by atoms with Crippen molar-refractivity contribution >= 4 is 22.6 Å². The Labute approximate surface area is 147 Å². The van der Waals surface area contributed by atoms with Crippen molar-refractivity contribution in [3.05, 3.63) is 81.4 Å².